The molecule has 0 N–H and O–H groups in total. The maximum atomic E-state index is 2.99. The van der Waals surface area contributed by atoms with Gasteiger partial charge >= 0.3 is 151 Å². The minimum Gasteiger partial charge on any atom is -0.273 e. The molecule has 1 heteroatoms. The van der Waals surface area contributed by atoms with E-state index >= 15 is 0 Å². The van der Waals surface area contributed by atoms with Gasteiger partial charge in [-0.05, 0) is 13.8 Å². The molecule has 5 aromatic carbocycles. The van der Waals surface area contributed by atoms with Crippen molar-refractivity contribution in [3.63, 3.8) is 0 Å². The monoisotopic (exact) mass is 626 g/mol. The van der Waals surface area contributed by atoms with Crippen molar-refractivity contribution in [3.8, 4) is 0 Å². The zero-order valence-electron chi connectivity index (χ0n) is 26.6. The van der Waals surface area contributed by atoms with Gasteiger partial charge in [0.05, 0.1) is 0 Å². The molecule has 0 aromatic heterocycles. The molecular weight excluding hydrogens is 584 g/mol. The van der Waals surface area contributed by atoms with Gasteiger partial charge in [-0.15, -0.1) is 46.2 Å². The van der Waals surface area contributed by atoms with Crippen LogP contribution in [0.2, 0.25) is 0 Å². The van der Waals surface area contributed by atoms with Gasteiger partial charge in [0.1, 0.15) is 0 Å². The molecule has 0 atom stereocenters. The molecule has 0 aliphatic heterocycles. The summed E-state index contributed by atoms with van der Waals surface area (Å²) in [5, 5.41) is 5.46. The van der Waals surface area contributed by atoms with Crippen LogP contribution >= 0.6 is 0 Å². The van der Waals surface area contributed by atoms with Gasteiger partial charge in [-0.3, -0.25) is 6.08 Å². The molecule has 0 spiro atoms. The van der Waals surface area contributed by atoms with E-state index in [4.69, 9.17) is 0 Å². The smallest absolute Gasteiger partial charge is 0.0469 e. The fourth-order valence-electron chi connectivity index (χ4n) is 5.04. The second-order valence-electron chi connectivity index (χ2n) is 13.4. The molecule has 212 valence electrons. The fourth-order valence-corrected chi connectivity index (χ4v) is 5.86. The van der Waals surface area contributed by atoms with Crippen LogP contribution < -0.4 is 0 Å². The maximum Gasteiger partial charge on any atom is -0.0469 e. The van der Waals surface area contributed by atoms with Crippen molar-refractivity contribution in [1.29, 1.82) is 0 Å². The van der Waals surface area contributed by atoms with E-state index in [-0.39, 0.29) is 10.8 Å². The Kier molecular flexibility index (Phi) is 10.3. The minimum atomic E-state index is 0.216. The minimum absolute atomic E-state index is 0.216. The third-order valence-corrected chi connectivity index (χ3v) is 9.10. The molecule has 0 unspecified atom stereocenters. The van der Waals surface area contributed by atoms with Crippen molar-refractivity contribution in [2.45, 2.75) is 72.6 Å². The molecule has 0 saturated heterocycles. The van der Waals surface area contributed by atoms with Crippen LogP contribution in [0.1, 0.15) is 81.3 Å². The van der Waals surface area contributed by atoms with Crippen molar-refractivity contribution in [3.05, 3.63) is 149 Å². The van der Waals surface area contributed by atoms with Crippen molar-refractivity contribution >= 4 is 24.8 Å². The van der Waals surface area contributed by atoms with E-state index in [0.717, 1.165) is 6.42 Å². The number of aryl methyl sites for hydroxylation is 2. The van der Waals surface area contributed by atoms with Crippen LogP contribution in [0.5, 0.6) is 0 Å². The Morgan fingerprint density at radius 2 is 1.07 bits per heavy atom. The van der Waals surface area contributed by atoms with Crippen molar-refractivity contribution < 1.29 is 24.2 Å². The Labute approximate surface area is 268 Å². The normalized spacial score (nSPS) is 12.6. The number of allylic oxidation sites excluding steroid dienone is 4. The Morgan fingerprint density at radius 1 is 0.643 bits per heavy atom. The van der Waals surface area contributed by atoms with Crippen molar-refractivity contribution in [1.82, 2.24) is 0 Å². The van der Waals surface area contributed by atoms with Crippen LogP contribution in [-0.2, 0) is 35.1 Å². The number of rotatable bonds is 2. The van der Waals surface area contributed by atoms with Crippen molar-refractivity contribution in [2.24, 2.45) is 0 Å². The summed E-state index contributed by atoms with van der Waals surface area (Å²) in [5.74, 6) is 0. The average molecular weight is 628 g/mol. The fraction of sp³-hybridized carbons (Fsp3) is 0.268. The largest absolute Gasteiger partial charge is 0.273 e. The molecule has 1 aliphatic carbocycles. The molecular formula is C41H44Zr. The van der Waals surface area contributed by atoms with Gasteiger partial charge in [-0.1, -0.05) is 35.4 Å². The van der Waals surface area contributed by atoms with Gasteiger partial charge in [-0.25, -0.2) is 12.2 Å². The first-order chi connectivity index (χ1) is 19.8. The van der Waals surface area contributed by atoms with Gasteiger partial charge in [0.25, 0.3) is 0 Å². The molecule has 0 radical (unpaired) electrons. The van der Waals surface area contributed by atoms with E-state index in [1.54, 1.807) is 0 Å². The topological polar surface area (TPSA) is 0 Å². The third kappa shape index (κ3) is 8.29. The van der Waals surface area contributed by atoms with Crippen LogP contribution in [0.3, 0.4) is 0 Å². The summed E-state index contributed by atoms with van der Waals surface area (Å²) in [5.41, 5.74) is 8.56. The molecule has 0 fully saturated rings. The number of hydrogen-bond acceptors (Lipinski definition) is 0. The summed E-state index contributed by atoms with van der Waals surface area (Å²) in [6.45, 7) is 17.8. The van der Waals surface area contributed by atoms with Crippen LogP contribution in [0, 0.1) is 19.9 Å². The molecule has 0 nitrogen and oxygen atoms in total. The zero-order chi connectivity index (χ0) is 30.5. The summed E-state index contributed by atoms with van der Waals surface area (Å²) in [6.07, 6.45) is 10.0. The molecule has 6 rings (SSSR count). The van der Waals surface area contributed by atoms with Crippen LogP contribution in [0.15, 0.2) is 109 Å². The van der Waals surface area contributed by atoms with Crippen LogP contribution in [-0.4, -0.2) is 3.21 Å². The predicted octanol–water partition coefficient (Wildman–Crippen LogP) is 11.0. The third-order valence-electron chi connectivity index (χ3n) is 7.68. The first-order valence-corrected chi connectivity index (χ1v) is 16.1. The van der Waals surface area contributed by atoms with Gasteiger partial charge in [0.2, 0.25) is 0 Å². The molecule has 0 bridgehead atoms. The van der Waals surface area contributed by atoms with E-state index in [1.807, 2.05) is 12.2 Å². The molecule has 0 saturated carbocycles. The predicted molar refractivity (Wildman–Crippen MR) is 182 cm³/mol. The summed E-state index contributed by atoms with van der Waals surface area (Å²) >= 11 is 1.46. The second kappa shape index (κ2) is 13.5. The maximum absolute atomic E-state index is 2.99. The Bertz CT molecular complexity index is 1580. The quantitative estimate of drug-likeness (QED) is 0.171. The SMILES string of the molecule is CC(C)(C)c1ccc([C](=[Zr+2])c2ccc(C(C)(C)C)cc2)cc1.Cc1ccc2c(c1)[cH-]c1cc(C)ccc12.[C-]1=CC=CC1. The molecule has 5 aromatic rings. The number of fused-ring (bicyclic) bond motifs is 3. The van der Waals surface area contributed by atoms with E-state index in [0.29, 0.717) is 0 Å². The number of hydrogen-bond donors (Lipinski definition) is 0. The Morgan fingerprint density at radius 3 is 1.38 bits per heavy atom. The zero-order valence-corrected chi connectivity index (χ0v) is 29.1. The van der Waals surface area contributed by atoms with E-state index in [9.17, 15) is 0 Å². The summed E-state index contributed by atoms with van der Waals surface area (Å²) in [6, 6.07) is 33.7. The molecule has 1 aliphatic rings. The average Bonchev–Trinajstić information content (AvgIpc) is 3.63. The van der Waals surface area contributed by atoms with E-state index in [2.05, 4.69) is 159 Å². The summed E-state index contributed by atoms with van der Waals surface area (Å²) in [7, 11) is 0. The first-order valence-electron chi connectivity index (χ1n) is 14.9. The second-order valence-corrected chi connectivity index (χ2v) is 14.6. The van der Waals surface area contributed by atoms with Crippen molar-refractivity contribution in [2.75, 3.05) is 0 Å². The van der Waals surface area contributed by atoms with Gasteiger partial charge < -0.3 is 0 Å². The van der Waals surface area contributed by atoms with Gasteiger partial charge in [-0.2, -0.15) is 6.08 Å². The van der Waals surface area contributed by atoms with Crippen LogP contribution in [0.25, 0.3) is 21.5 Å². The Balaban J connectivity index is 0.000000172. The van der Waals surface area contributed by atoms with E-state index in [1.165, 1.54) is 82.4 Å². The first kappa shape index (κ1) is 31.9. The molecule has 0 heterocycles. The summed E-state index contributed by atoms with van der Waals surface area (Å²) in [4.78, 5) is 0. The van der Waals surface area contributed by atoms with Gasteiger partial charge in [0.15, 0.2) is 0 Å². The molecule has 0 amide bonds. The van der Waals surface area contributed by atoms with E-state index < -0.39 is 0 Å². The number of benzene rings is 4. The standard InChI is InChI=1S/C21H26.C15H13.C5H5.Zr/c1-20(2,3)18-11-7-16(8-12-18)15-17-9-13-19(14-10-17)21(4,5)6;1-10-3-5-14-12(7-10)9-13-8-11(2)4-6-15(13)14;1-2-4-5-3-1;/h7-14H,1-6H3;3-9H,1-2H3;1-3H,4H2;/q;2*-1;+2. The molecule has 42 heavy (non-hydrogen) atoms. The van der Waals surface area contributed by atoms with Gasteiger partial charge in [0, 0.05) is 0 Å². The summed E-state index contributed by atoms with van der Waals surface area (Å²) < 4.78 is 1.42. The Hall–Kier alpha value is -3.02. The van der Waals surface area contributed by atoms with Crippen LogP contribution in [0.4, 0.5) is 0 Å².